The van der Waals surface area contributed by atoms with E-state index in [2.05, 4.69) is 57.4 Å². The van der Waals surface area contributed by atoms with Gasteiger partial charge < -0.3 is 30.7 Å². The molecule has 4 aliphatic heterocycles. The Morgan fingerprint density at radius 2 is 1.03 bits per heavy atom. The molecule has 2 bridgehead atoms. The van der Waals surface area contributed by atoms with Gasteiger partial charge in [0.25, 0.3) is 0 Å². The predicted octanol–water partition coefficient (Wildman–Crippen LogP) is 7.84. The second kappa shape index (κ2) is 23.5. The number of likely N-dealkylation sites (N-methyl/N-ethyl adjacent to an activating group) is 3. The largest absolute Gasteiger partial charge is 0.340 e. The smallest absolute Gasteiger partial charge is 0.245 e. The normalized spacial score (nSPS) is 28.8. The van der Waals surface area contributed by atoms with Gasteiger partial charge in [0.05, 0.1) is 48.2 Å². The zero-order valence-corrected chi connectivity index (χ0v) is 41.8. The maximum atomic E-state index is 13.0. The van der Waals surface area contributed by atoms with Crippen LogP contribution >= 0.6 is 45.8 Å². The van der Waals surface area contributed by atoms with Gasteiger partial charge in [-0.05, 0) is 89.1 Å². The van der Waals surface area contributed by atoms with Crippen molar-refractivity contribution in [2.45, 2.75) is 139 Å². The fourth-order valence-corrected chi connectivity index (χ4v) is 15.8. The second-order valence-electron chi connectivity index (χ2n) is 19.2. The molecule has 7 unspecified atom stereocenters. The summed E-state index contributed by atoms with van der Waals surface area (Å²) in [5, 5.41) is 10.2. The highest BCUT2D eigenvalue weighted by atomic mass is 32.2. The summed E-state index contributed by atoms with van der Waals surface area (Å²) < 4.78 is 0. The van der Waals surface area contributed by atoms with Crippen LogP contribution in [0.15, 0.2) is 16.5 Å². The van der Waals surface area contributed by atoms with Gasteiger partial charge >= 0.3 is 0 Å². The lowest BCUT2D eigenvalue weighted by atomic mass is 9.87. The number of nitrogens with one attached hydrogen (secondary N) is 3. The third kappa shape index (κ3) is 11.6. The van der Waals surface area contributed by atoms with E-state index in [1.54, 1.807) is 34.0 Å². The Morgan fingerprint density at radius 3 is 1.55 bits per heavy atom. The van der Waals surface area contributed by atoms with E-state index >= 15 is 0 Å². The Morgan fingerprint density at radius 1 is 0.547 bits per heavy atom. The molecular weight excluding hydrogens is 879 g/mol. The number of carbonyl (C=O) groups is 3. The van der Waals surface area contributed by atoms with Crippen molar-refractivity contribution in [3.8, 4) is 0 Å². The van der Waals surface area contributed by atoms with E-state index in [4.69, 9.17) is 0 Å². The summed E-state index contributed by atoms with van der Waals surface area (Å²) >= 11 is 6.87. The van der Waals surface area contributed by atoms with E-state index < -0.39 is 0 Å². The summed E-state index contributed by atoms with van der Waals surface area (Å²) in [6.07, 6.45) is 22.9. The minimum Gasteiger partial charge on any atom is -0.340 e. The summed E-state index contributed by atoms with van der Waals surface area (Å²) in [5.41, 5.74) is 8.92. The minimum atomic E-state index is -0.203. The molecule has 3 N–H and O–H groups in total. The first-order chi connectivity index (χ1) is 31.3. The molecule has 64 heavy (non-hydrogen) atoms. The molecule has 3 amide bonds. The van der Waals surface area contributed by atoms with E-state index in [1.165, 1.54) is 102 Å². The Hall–Kier alpha value is -2.47. The zero-order chi connectivity index (χ0) is 44.4. The van der Waals surface area contributed by atoms with Gasteiger partial charge in [-0.1, -0.05) is 57.8 Å². The molecule has 16 heteroatoms. The van der Waals surface area contributed by atoms with Crippen LogP contribution in [0.3, 0.4) is 0 Å². The van der Waals surface area contributed by atoms with Crippen molar-refractivity contribution in [2.24, 2.45) is 23.7 Å². The van der Waals surface area contributed by atoms with Crippen molar-refractivity contribution in [2.75, 3.05) is 66.2 Å². The lowest BCUT2D eigenvalue weighted by Gasteiger charge is -2.29. The number of amides is 3. The Bertz CT molecular complexity index is 1870. The highest BCUT2D eigenvalue weighted by molar-refractivity contribution is 7.99. The van der Waals surface area contributed by atoms with Gasteiger partial charge in [-0.2, -0.15) is 11.8 Å². The van der Waals surface area contributed by atoms with E-state index in [-0.39, 0.29) is 35.8 Å². The fourth-order valence-electron chi connectivity index (χ4n) is 11.7. The summed E-state index contributed by atoms with van der Waals surface area (Å²) in [4.78, 5) is 61.6. The molecule has 12 nitrogen and oxygen atoms in total. The lowest BCUT2D eigenvalue weighted by molar-refractivity contribution is -0.134. The lowest BCUT2D eigenvalue weighted by Crippen LogP contribution is -2.42. The van der Waals surface area contributed by atoms with Crippen LogP contribution in [0.25, 0.3) is 0 Å². The second-order valence-corrected chi connectivity index (χ2v) is 23.3. The van der Waals surface area contributed by atoms with Crippen molar-refractivity contribution in [3.63, 3.8) is 0 Å². The number of fused-ring (bicyclic) bond motifs is 5. The molecule has 0 spiro atoms. The zero-order valence-electron chi connectivity index (χ0n) is 38.6. The van der Waals surface area contributed by atoms with Gasteiger partial charge in [0, 0.05) is 63.8 Å². The van der Waals surface area contributed by atoms with Crippen LogP contribution in [0.5, 0.6) is 0 Å². The van der Waals surface area contributed by atoms with Crippen LogP contribution < -0.4 is 16.0 Å². The Labute approximate surface area is 398 Å². The van der Waals surface area contributed by atoms with Crippen LogP contribution in [0, 0.1) is 23.7 Å². The van der Waals surface area contributed by atoms with E-state index in [0.29, 0.717) is 11.2 Å². The van der Waals surface area contributed by atoms with Gasteiger partial charge in [-0.25, -0.2) is 15.0 Å². The van der Waals surface area contributed by atoms with E-state index in [9.17, 15) is 14.4 Å². The van der Waals surface area contributed by atoms with Crippen LogP contribution in [0.2, 0.25) is 0 Å². The summed E-state index contributed by atoms with van der Waals surface area (Å²) in [6.45, 7) is 5.27. The molecule has 4 fully saturated rings. The molecule has 3 aliphatic carbocycles. The third-order valence-corrected chi connectivity index (χ3v) is 19.4. The summed E-state index contributed by atoms with van der Waals surface area (Å²) in [5.74, 6) is 5.21. The van der Waals surface area contributed by atoms with Crippen LogP contribution in [-0.2, 0) is 33.6 Å². The molecular formula is C48H73N9O3S4. The number of hydrogen-bond donors (Lipinski definition) is 3. The summed E-state index contributed by atoms with van der Waals surface area (Å²) in [7, 11) is 5.63. The van der Waals surface area contributed by atoms with Gasteiger partial charge in [-0.3, -0.25) is 14.4 Å². The van der Waals surface area contributed by atoms with Crippen molar-refractivity contribution in [1.82, 2.24) is 45.6 Å². The molecule has 0 aromatic carbocycles. The molecule has 1 saturated heterocycles. The number of thioether (sulfide) groups is 1. The van der Waals surface area contributed by atoms with Gasteiger partial charge in [0.15, 0.2) is 0 Å². The van der Waals surface area contributed by atoms with Crippen molar-refractivity contribution < 1.29 is 14.4 Å². The first-order valence-electron chi connectivity index (χ1n) is 24.6. The molecule has 10 rings (SSSR count). The maximum absolute atomic E-state index is 13.0. The first kappa shape index (κ1) is 48.0. The van der Waals surface area contributed by atoms with Crippen molar-refractivity contribution in [3.05, 3.63) is 48.2 Å². The SMILES string of the molecule is CNC1C(=O)N(CC2CC3CCCC2C3)CCc2ncsc21.CNC1C(=O)N(CC2CCCCCC2)CCc2ncsc21.CNC1C(=O)N(CC2CCCCCS2)CCc2ncsc21. The summed E-state index contributed by atoms with van der Waals surface area (Å²) in [6, 6.07) is -0.586. The molecule has 7 heterocycles. The van der Waals surface area contributed by atoms with E-state index in [1.807, 2.05) is 37.7 Å². The molecule has 3 aromatic heterocycles. The van der Waals surface area contributed by atoms with Gasteiger partial charge in [0.2, 0.25) is 17.7 Å². The molecule has 352 valence electrons. The third-order valence-electron chi connectivity index (χ3n) is 15.2. The number of hydrogen-bond acceptors (Lipinski definition) is 13. The maximum Gasteiger partial charge on any atom is 0.245 e. The first-order valence-corrected chi connectivity index (χ1v) is 28.3. The Balaban J connectivity index is 0.000000131. The predicted molar refractivity (Wildman–Crippen MR) is 262 cm³/mol. The minimum absolute atomic E-state index is 0.189. The van der Waals surface area contributed by atoms with Gasteiger partial charge in [-0.15, -0.1) is 34.0 Å². The molecule has 3 aromatic rings. The van der Waals surface area contributed by atoms with Crippen LogP contribution in [-0.4, -0.2) is 119 Å². The monoisotopic (exact) mass is 951 g/mol. The van der Waals surface area contributed by atoms with Crippen molar-refractivity contribution in [1.29, 1.82) is 0 Å². The number of carbonyl (C=O) groups excluding carboxylic acids is 3. The average Bonchev–Trinajstić information content (AvgIpc) is 3.99. The average molecular weight is 952 g/mol. The highest BCUT2D eigenvalue weighted by Crippen LogP contribution is 2.46. The van der Waals surface area contributed by atoms with Crippen LogP contribution in [0.4, 0.5) is 0 Å². The molecule has 7 atom stereocenters. The topological polar surface area (TPSA) is 136 Å². The Kier molecular flexibility index (Phi) is 17.6. The molecule has 7 aliphatic rings. The fraction of sp³-hybridized carbons (Fsp3) is 0.750. The van der Waals surface area contributed by atoms with E-state index in [0.717, 1.165) is 108 Å². The standard InChI is InChI=1S/C17H25N3OS.C16H25N3OS.C15H23N3OS2/c1-18-15-16-14(19-10-22-16)5-6-20(17(15)21)9-13-8-11-3-2-4-12(13)7-11;1-17-14-15-13(18-11-21-15)8-9-19(16(14)20)10-12-6-4-2-3-5-7-12;1-16-13-14-12(17-10-21-14)6-7-18(15(13)19)9-11-5-3-2-4-8-20-11/h10-13,15,18H,2-9H2,1H3;11-12,14,17H,2-10H2,1H3;10-11,13,16H,2-9H2,1H3. The van der Waals surface area contributed by atoms with Crippen molar-refractivity contribution >= 4 is 63.5 Å². The number of aromatic nitrogens is 3. The molecule has 3 saturated carbocycles. The quantitative estimate of drug-likeness (QED) is 0.182. The number of rotatable bonds is 9. The van der Waals surface area contributed by atoms with Gasteiger partial charge in [0.1, 0.15) is 18.1 Å². The number of nitrogens with zero attached hydrogens (tertiary/aromatic N) is 6. The number of thiazole rings is 3. The highest BCUT2D eigenvalue weighted by Gasteiger charge is 2.40. The molecule has 0 radical (unpaired) electrons. The van der Waals surface area contributed by atoms with Crippen LogP contribution in [0.1, 0.15) is 146 Å².